The molecule has 34 heavy (non-hydrogen) atoms. The fourth-order valence-electron chi connectivity index (χ4n) is 4.16. The van der Waals surface area contributed by atoms with Crippen LogP contribution in [-0.4, -0.2) is 38.8 Å². The van der Waals surface area contributed by atoms with Crippen LogP contribution in [0.5, 0.6) is 0 Å². The highest BCUT2D eigenvalue weighted by Gasteiger charge is 2.38. The minimum atomic E-state index is -4.65. The summed E-state index contributed by atoms with van der Waals surface area (Å²) in [5.74, 6) is -0.328. The van der Waals surface area contributed by atoms with Gasteiger partial charge in [0.1, 0.15) is 11.6 Å². The van der Waals surface area contributed by atoms with Crippen LogP contribution in [0.15, 0.2) is 65.3 Å². The molecule has 1 amide bonds. The molecule has 0 saturated carbocycles. The summed E-state index contributed by atoms with van der Waals surface area (Å²) >= 11 is 0. The van der Waals surface area contributed by atoms with Crippen molar-refractivity contribution in [2.75, 3.05) is 22.9 Å². The van der Waals surface area contributed by atoms with Crippen LogP contribution in [0.2, 0.25) is 0 Å². The Labute approximate surface area is 192 Å². The van der Waals surface area contributed by atoms with Crippen molar-refractivity contribution in [1.82, 2.24) is 19.8 Å². The van der Waals surface area contributed by atoms with Crippen molar-refractivity contribution >= 4 is 23.1 Å². The first kappa shape index (κ1) is 21.9. The quantitative estimate of drug-likeness (QED) is 0.435. The first-order valence-corrected chi connectivity index (χ1v) is 10.8. The molecule has 1 aliphatic rings. The molecule has 1 aromatic carbocycles. The molecule has 0 unspecified atom stereocenters. The third-order valence-corrected chi connectivity index (χ3v) is 5.90. The topological polar surface area (TPSA) is 79.8 Å². The van der Waals surface area contributed by atoms with Crippen LogP contribution in [0.4, 0.5) is 24.7 Å². The minimum absolute atomic E-state index is 0.0103. The van der Waals surface area contributed by atoms with Crippen molar-refractivity contribution in [2.24, 2.45) is 5.92 Å². The Morgan fingerprint density at radius 1 is 1.03 bits per heavy atom. The monoisotopic (exact) mass is 470 g/mol. The molecule has 4 heterocycles. The van der Waals surface area contributed by atoms with E-state index in [0.717, 1.165) is 5.69 Å². The van der Waals surface area contributed by atoms with Crippen molar-refractivity contribution in [3.05, 3.63) is 72.4 Å². The lowest BCUT2D eigenvalue weighted by Gasteiger charge is -2.34. The smallest absolute Gasteiger partial charge is 0.453 e. The highest BCUT2D eigenvalue weighted by Crippen LogP contribution is 2.30. The van der Waals surface area contributed by atoms with E-state index < -0.39 is 12.0 Å². The Hall–Kier alpha value is -3.89. The number of hydrogen-bond acceptors (Lipinski definition) is 6. The van der Waals surface area contributed by atoms with E-state index >= 15 is 0 Å². The number of aromatic nitrogens is 4. The van der Waals surface area contributed by atoms with Crippen molar-refractivity contribution in [3.8, 4) is 0 Å². The van der Waals surface area contributed by atoms with Crippen LogP contribution < -0.4 is 9.80 Å². The van der Waals surface area contributed by atoms with Crippen molar-refractivity contribution in [3.63, 3.8) is 0 Å². The van der Waals surface area contributed by atoms with Gasteiger partial charge in [0.05, 0.1) is 12.8 Å². The van der Waals surface area contributed by atoms with E-state index in [4.69, 9.17) is 4.42 Å². The lowest BCUT2D eigenvalue weighted by Crippen LogP contribution is -2.43. The lowest BCUT2D eigenvalue weighted by molar-refractivity contribution is -0.146. The zero-order chi connectivity index (χ0) is 23.7. The Morgan fingerprint density at radius 2 is 1.79 bits per heavy atom. The molecule has 4 aromatic rings. The van der Waals surface area contributed by atoms with Gasteiger partial charge in [-0.1, -0.05) is 18.2 Å². The summed E-state index contributed by atoms with van der Waals surface area (Å²) in [7, 11) is 0. The molecule has 0 spiro atoms. The number of benzene rings is 1. The number of amides is 1. The van der Waals surface area contributed by atoms with Crippen LogP contribution in [0, 0.1) is 5.92 Å². The maximum atomic E-state index is 13.5. The number of alkyl halides is 3. The maximum Gasteiger partial charge on any atom is 0.453 e. The molecule has 0 aliphatic carbocycles. The van der Waals surface area contributed by atoms with E-state index in [-0.39, 0.29) is 17.5 Å². The number of furan rings is 1. The third kappa shape index (κ3) is 4.33. The van der Waals surface area contributed by atoms with Crippen molar-refractivity contribution in [2.45, 2.75) is 25.6 Å². The SMILES string of the molecule is O=C(C1CCN(c2ccc3nnc(C(F)(F)F)n3n2)CC1)N(Cc1ccco1)c1ccccc1. The Kier molecular flexibility index (Phi) is 5.68. The third-order valence-electron chi connectivity index (χ3n) is 5.90. The normalized spacial score (nSPS) is 15.1. The molecule has 8 nitrogen and oxygen atoms in total. The number of rotatable bonds is 5. The highest BCUT2D eigenvalue weighted by atomic mass is 19.4. The summed E-state index contributed by atoms with van der Waals surface area (Å²) in [6.45, 7) is 1.30. The summed E-state index contributed by atoms with van der Waals surface area (Å²) in [5, 5.41) is 10.9. The van der Waals surface area contributed by atoms with Crippen molar-refractivity contribution < 1.29 is 22.4 Å². The zero-order valence-electron chi connectivity index (χ0n) is 18.0. The van der Waals surface area contributed by atoms with Gasteiger partial charge in [0.25, 0.3) is 5.82 Å². The van der Waals surface area contributed by atoms with Gasteiger partial charge < -0.3 is 14.2 Å². The second-order valence-electron chi connectivity index (χ2n) is 8.08. The van der Waals surface area contributed by atoms with Gasteiger partial charge in [-0.2, -0.15) is 17.7 Å². The Balaban J connectivity index is 1.31. The van der Waals surface area contributed by atoms with E-state index in [1.165, 1.54) is 6.07 Å². The zero-order valence-corrected chi connectivity index (χ0v) is 18.0. The molecular weight excluding hydrogens is 449 g/mol. The summed E-state index contributed by atoms with van der Waals surface area (Å²) in [6, 6.07) is 16.1. The molecule has 0 N–H and O–H groups in total. The molecule has 0 bridgehead atoms. The van der Waals surface area contributed by atoms with Crippen LogP contribution in [0.1, 0.15) is 24.4 Å². The number of piperidine rings is 1. The Morgan fingerprint density at radius 3 is 2.47 bits per heavy atom. The molecule has 1 saturated heterocycles. The van der Waals surface area contributed by atoms with Gasteiger partial charge in [0.2, 0.25) is 5.91 Å². The van der Waals surface area contributed by atoms with Crippen LogP contribution in [-0.2, 0) is 17.5 Å². The standard InChI is InChI=1S/C23H21F3N6O2/c24-23(25,26)22-28-27-19-8-9-20(29-32(19)22)30-12-10-16(11-13-30)21(33)31(15-18-7-4-14-34-18)17-5-2-1-3-6-17/h1-9,14,16H,10-13,15H2. The van der Waals surface area contributed by atoms with Gasteiger partial charge >= 0.3 is 6.18 Å². The molecule has 0 atom stereocenters. The van der Waals surface area contributed by atoms with E-state index in [1.54, 1.807) is 23.3 Å². The fraction of sp³-hybridized carbons (Fsp3) is 0.304. The summed E-state index contributed by atoms with van der Waals surface area (Å²) < 4.78 is 45.7. The predicted octanol–water partition coefficient (Wildman–Crippen LogP) is 4.19. The lowest BCUT2D eigenvalue weighted by atomic mass is 9.95. The number of carbonyl (C=O) groups excluding carboxylic acids is 1. The Bertz CT molecular complexity index is 1270. The number of para-hydroxylation sites is 1. The number of hydrogen-bond donors (Lipinski definition) is 0. The highest BCUT2D eigenvalue weighted by molar-refractivity contribution is 5.95. The first-order chi connectivity index (χ1) is 16.4. The van der Waals surface area contributed by atoms with Crippen LogP contribution >= 0.6 is 0 Å². The number of fused-ring (bicyclic) bond motifs is 1. The summed E-state index contributed by atoms with van der Waals surface area (Å²) in [5.41, 5.74) is 0.809. The first-order valence-electron chi connectivity index (χ1n) is 10.8. The van der Waals surface area contributed by atoms with Gasteiger partial charge in [0, 0.05) is 24.7 Å². The van der Waals surface area contributed by atoms with Gasteiger partial charge in [-0.25, -0.2) is 0 Å². The summed E-state index contributed by atoms with van der Waals surface area (Å²) in [6.07, 6.45) is -1.98. The second kappa shape index (κ2) is 8.81. The predicted molar refractivity (Wildman–Crippen MR) is 117 cm³/mol. The van der Waals surface area contributed by atoms with Crippen LogP contribution in [0.25, 0.3) is 5.65 Å². The number of nitrogens with zero attached hydrogens (tertiary/aromatic N) is 6. The maximum absolute atomic E-state index is 13.5. The van der Waals surface area contributed by atoms with E-state index in [1.807, 2.05) is 41.3 Å². The van der Waals surface area contributed by atoms with E-state index in [0.29, 0.717) is 48.6 Å². The molecule has 176 valence electrons. The second-order valence-corrected chi connectivity index (χ2v) is 8.08. The molecule has 11 heteroatoms. The average molecular weight is 470 g/mol. The molecular formula is C23H21F3N6O2. The number of anilines is 2. The van der Waals surface area contributed by atoms with Crippen molar-refractivity contribution in [1.29, 1.82) is 0 Å². The summed E-state index contributed by atoms with van der Waals surface area (Å²) in [4.78, 5) is 17.1. The molecule has 1 fully saturated rings. The van der Waals surface area contributed by atoms with Gasteiger partial charge in [0.15, 0.2) is 5.65 Å². The van der Waals surface area contributed by atoms with Gasteiger partial charge in [-0.05, 0) is 49.2 Å². The van der Waals surface area contributed by atoms with E-state index in [2.05, 4.69) is 15.3 Å². The molecule has 0 radical (unpaired) electrons. The fourth-order valence-corrected chi connectivity index (χ4v) is 4.16. The van der Waals surface area contributed by atoms with Crippen LogP contribution in [0.3, 0.4) is 0 Å². The average Bonchev–Trinajstić information content (AvgIpc) is 3.52. The van der Waals surface area contributed by atoms with Gasteiger partial charge in [-0.3, -0.25) is 4.79 Å². The van der Waals surface area contributed by atoms with E-state index in [9.17, 15) is 18.0 Å². The molecule has 1 aliphatic heterocycles. The largest absolute Gasteiger partial charge is 0.467 e. The number of halogens is 3. The number of carbonyl (C=O) groups is 1. The minimum Gasteiger partial charge on any atom is -0.467 e. The molecule has 3 aromatic heterocycles. The molecule has 5 rings (SSSR count). The van der Waals surface area contributed by atoms with Gasteiger partial charge in [-0.15, -0.1) is 15.3 Å².